The second-order valence-corrected chi connectivity index (χ2v) is 6.19. The van der Waals surface area contributed by atoms with Crippen LogP contribution in [0.15, 0.2) is 54.6 Å². The second kappa shape index (κ2) is 9.61. The van der Waals surface area contributed by atoms with Crippen LogP contribution < -0.4 is 15.4 Å². The Morgan fingerprint density at radius 1 is 1.04 bits per heavy atom. The molecule has 0 aromatic heterocycles. The van der Waals surface area contributed by atoms with Crippen molar-refractivity contribution in [1.82, 2.24) is 10.6 Å². The summed E-state index contributed by atoms with van der Waals surface area (Å²) in [5.74, 6) is 0.135. The van der Waals surface area contributed by atoms with Crippen molar-refractivity contribution in [3.05, 3.63) is 65.7 Å². The quantitative estimate of drug-likeness (QED) is 0.763. The zero-order chi connectivity index (χ0) is 18.9. The van der Waals surface area contributed by atoms with Gasteiger partial charge in [-0.3, -0.25) is 9.59 Å². The molecular weight excluding hydrogens is 328 g/mol. The summed E-state index contributed by atoms with van der Waals surface area (Å²) in [6.45, 7) is 3.92. The van der Waals surface area contributed by atoms with E-state index in [-0.39, 0.29) is 17.9 Å². The van der Waals surface area contributed by atoms with Gasteiger partial charge in [0.05, 0.1) is 13.2 Å². The lowest BCUT2D eigenvalue weighted by Gasteiger charge is -2.21. The summed E-state index contributed by atoms with van der Waals surface area (Å²) in [6, 6.07) is 15.9. The molecule has 2 amide bonds. The molecule has 2 unspecified atom stereocenters. The van der Waals surface area contributed by atoms with Crippen LogP contribution in [0.2, 0.25) is 0 Å². The highest BCUT2D eigenvalue weighted by atomic mass is 16.5. The van der Waals surface area contributed by atoms with Crippen molar-refractivity contribution in [1.29, 1.82) is 0 Å². The molecule has 2 aromatic carbocycles. The van der Waals surface area contributed by atoms with E-state index in [0.717, 1.165) is 12.0 Å². The number of methoxy groups -OCH3 is 1. The van der Waals surface area contributed by atoms with Crippen LogP contribution in [0.25, 0.3) is 0 Å². The number of hydrogen-bond acceptors (Lipinski definition) is 3. The molecule has 0 aliphatic carbocycles. The van der Waals surface area contributed by atoms with Gasteiger partial charge in [-0.1, -0.05) is 49.7 Å². The lowest BCUT2D eigenvalue weighted by Crippen LogP contribution is -2.47. The first-order chi connectivity index (χ1) is 12.5. The van der Waals surface area contributed by atoms with Gasteiger partial charge in [-0.25, -0.2) is 0 Å². The first-order valence-corrected chi connectivity index (χ1v) is 8.85. The monoisotopic (exact) mass is 354 g/mol. The van der Waals surface area contributed by atoms with E-state index in [4.69, 9.17) is 4.74 Å². The zero-order valence-electron chi connectivity index (χ0n) is 15.5. The SMILES string of the molecule is CCCC(NC(=O)c1cccc(OC)c1)C(=O)NC(C)c1ccccc1. The number of carbonyl (C=O) groups is 2. The van der Waals surface area contributed by atoms with Gasteiger partial charge in [0.15, 0.2) is 0 Å². The fourth-order valence-corrected chi connectivity index (χ4v) is 2.70. The molecule has 0 aliphatic rings. The number of amides is 2. The van der Waals surface area contributed by atoms with Gasteiger partial charge < -0.3 is 15.4 Å². The summed E-state index contributed by atoms with van der Waals surface area (Å²) >= 11 is 0. The van der Waals surface area contributed by atoms with Crippen molar-refractivity contribution >= 4 is 11.8 Å². The number of rotatable bonds is 8. The van der Waals surface area contributed by atoms with Crippen LogP contribution in [0.1, 0.15) is 48.7 Å². The van der Waals surface area contributed by atoms with E-state index in [1.165, 1.54) is 0 Å². The number of ether oxygens (including phenoxy) is 1. The molecule has 0 heterocycles. The van der Waals surface area contributed by atoms with Gasteiger partial charge in [-0.2, -0.15) is 0 Å². The smallest absolute Gasteiger partial charge is 0.252 e. The van der Waals surface area contributed by atoms with Gasteiger partial charge in [-0.05, 0) is 37.1 Å². The molecule has 2 atom stereocenters. The Balaban J connectivity index is 2.04. The normalized spacial score (nSPS) is 12.7. The maximum atomic E-state index is 12.7. The summed E-state index contributed by atoms with van der Waals surface area (Å²) < 4.78 is 5.15. The van der Waals surface area contributed by atoms with Crippen molar-refractivity contribution in [2.24, 2.45) is 0 Å². The van der Waals surface area contributed by atoms with E-state index in [0.29, 0.717) is 17.7 Å². The highest BCUT2D eigenvalue weighted by molar-refractivity contribution is 5.97. The van der Waals surface area contributed by atoms with E-state index < -0.39 is 6.04 Å². The maximum absolute atomic E-state index is 12.7. The molecule has 2 rings (SSSR count). The first-order valence-electron chi connectivity index (χ1n) is 8.85. The van der Waals surface area contributed by atoms with E-state index in [2.05, 4.69) is 10.6 Å². The standard InChI is InChI=1S/C21H26N2O3/c1-4-9-19(21(25)22-15(2)16-10-6-5-7-11-16)23-20(24)17-12-8-13-18(14-17)26-3/h5-8,10-15,19H,4,9H2,1-3H3,(H,22,25)(H,23,24). The largest absolute Gasteiger partial charge is 0.497 e. The summed E-state index contributed by atoms with van der Waals surface area (Å²) in [5, 5.41) is 5.82. The third-order valence-electron chi connectivity index (χ3n) is 4.19. The molecule has 5 heteroatoms. The van der Waals surface area contributed by atoms with Crippen molar-refractivity contribution in [2.75, 3.05) is 7.11 Å². The minimum absolute atomic E-state index is 0.128. The minimum atomic E-state index is -0.579. The topological polar surface area (TPSA) is 67.4 Å². The van der Waals surface area contributed by atoms with Crippen molar-refractivity contribution in [3.63, 3.8) is 0 Å². The van der Waals surface area contributed by atoms with Crippen molar-refractivity contribution < 1.29 is 14.3 Å². The Morgan fingerprint density at radius 2 is 1.77 bits per heavy atom. The molecule has 0 bridgehead atoms. The Kier molecular flexibility index (Phi) is 7.21. The molecule has 0 radical (unpaired) electrons. The lowest BCUT2D eigenvalue weighted by molar-refractivity contribution is -0.123. The molecular formula is C21H26N2O3. The molecule has 0 fully saturated rings. The Bertz CT molecular complexity index is 731. The number of nitrogens with one attached hydrogen (secondary N) is 2. The molecule has 0 aliphatic heterocycles. The molecule has 0 saturated carbocycles. The molecule has 26 heavy (non-hydrogen) atoms. The van der Waals surface area contributed by atoms with E-state index >= 15 is 0 Å². The number of hydrogen-bond donors (Lipinski definition) is 2. The fourth-order valence-electron chi connectivity index (χ4n) is 2.70. The van der Waals surface area contributed by atoms with Crippen LogP contribution in [0.3, 0.4) is 0 Å². The third-order valence-corrected chi connectivity index (χ3v) is 4.19. The number of benzene rings is 2. The van der Waals surface area contributed by atoms with Gasteiger partial charge >= 0.3 is 0 Å². The molecule has 2 aromatic rings. The second-order valence-electron chi connectivity index (χ2n) is 6.19. The zero-order valence-corrected chi connectivity index (χ0v) is 15.5. The van der Waals surface area contributed by atoms with E-state index in [1.54, 1.807) is 31.4 Å². The average Bonchev–Trinajstić information content (AvgIpc) is 2.68. The van der Waals surface area contributed by atoms with Gasteiger partial charge in [0.25, 0.3) is 5.91 Å². The summed E-state index contributed by atoms with van der Waals surface area (Å²) in [5.41, 5.74) is 1.49. The Morgan fingerprint density at radius 3 is 2.42 bits per heavy atom. The highest BCUT2D eigenvalue weighted by Gasteiger charge is 2.22. The van der Waals surface area contributed by atoms with Gasteiger partial charge in [0, 0.05) is 5.56 Å². The molecule has 2 N–H and O–H groups in total. The van der Waals surface area contributed by atoms with Crippen LogP contribution >= 0.6 is 0 Å². The predicted octanol–water partition coefficient (Wildman–Crippen LogP) is 3.47. The van der Waals surface area contributed by atoms with Crippen LogP contribution in [-0.4, -0.2) is 25.0 Å². The van der Waals surface area contributed by atoms with E-state index in [1.807, 2.05) is 44.2 Å². The summed E-state index contributed by atoms with van der Waals surface area (Å²) in [6.07, 6.45) is 1.36. The Labute approximate surface area is 154 Å². The van der Waals surface area contributed by atoms with Crippen molar-refractivity contribution in [3.8, 4) is 5.75 Å². The van der Waals surface area contributed by atoms with Gasteiger partial charge in [-0.15, -0.1) is 0 Å². The predicted molar refractivity (Wildman–Crippen MR) is 102 cm³/mol. The molecule has 0 spiro atoms. The van der Waals surface area contributed by atoms with Crippen LogP contribution in [0.5, 0.6) is 5.75 Å². The molecule has 0 saturated heterocycles. The fraction of sp³-hybridized carbons (Fsp3) is 0.333. The van der Waals surface area contributed by atoms with Crippen molar-refractivity contribution in [2.45, 2.75) is 38.8 Å². The lowest BCUT2D eigenvalue weighted by atomic mass is 10.1. The van der Waals surface area contributed by atoms with Crippen LogP contribution in [-0.2, 0) is 4.79 Å². The highest BCUT2D eigenvalue weighted by Crippen LogP contribution is 2.14. The number of carbonyl (C=O) groups excluding carboxylic acids is 2. The first kappa shape index (κ1) is 19.5. The summed E-state index contributed by atoms with van der Waals surface area (Å²) in [7, 11) is 1.55. The van der Waals surface area contributed by atoms with Crippen LogP contribution in [0.4, 0.5) is 0 Å². The average molecular weight is 354 g/mol. The molecule has 5 nitrogen and oxygen atoms in total. The molecule has 138 valence electrons. The Hall–Kier alpha value is -2.82. The van der Waals surface area contributed by atoms with E-state index in [9.17, 15) is 9.59 Å². The van der Waals surface area contributed by atoms with Gasteiger partial charge in [0.1, 0.15) is 11.8 Å². The summed E-state index contributed by atoms with van der Waals surface area (Å²) in [4.78, 5) is 25.2. The van der Waals surface area contributed by atoms with Crippen LogP contribution in [0, 0.1) is 0 Å². The maximum Gasteiger partial charge on any atom is 0.252 e. The minimum Gasteiger partial charge on any atom is -0.497 e. The third kappa shape index (κ3) is 5.34. The van der Waals surface area contributed by atoms with Gasteiger partial charge in [0.2, 0.25) is 5.91 Å².